The van der Waals surface area contributed by atoms with Crippen molar-refractivity contribution in [2.75, 3.05) is 43.7 Å². The molecule has 0 bridgehead atoms. The third-order valence-corrected chi connectivity index (χ3v) is 4.35. The van der Waals surface area contributed by atoms with E-state index in [4.69, 9.17) is 15.2 Å². The number of ether oxygens (including phenoxy) is 2. The molecule has 1 aromatic carbocycles. The molecule has 1 atom stereocenters. The molecular weight excluding hydrogens is 348 g/mol. The first kappa shape index (κ1) is 18.7. The summed E-state index contributed by atoms with van der Waals surface area (Å²) in [6.45, 7) is 1.80. The largest absolute Gasteiger partial charge is 0.497 e. The number of aromatic nitrogens is 2. The molecular formula is C18H24N6O3. The van der Waals surface area contributed by atoms with Crippen LogP contribution >= 0.6 is 0 Å². The molecule has 1 saturated heterocycles. The maximum atomic E-state index is 12.9. The van der Waals surface area contributed by atoms with Crippen molar-refractivity contribution in [2.24, 2.45) is 0 Å². The molecule has 144 valence electrons. The van der Waals surface area contributed by atoms with E-state index in [2.05, 4.69) is 25.9 Å². The first-order valence-corrected chi connectivity index (χ1v) is 8.73. The standard InChI is InChI=1S/C18H24N6O3/c1-26-13-6-12(7-14(8-13)27-2)24-18(25)15-16(19)21-10-22-17(15)23-11-4-3-5-20-9-11/h6-8,10-11,20H,3-5,9H2,1-2H3,(H,24,25)(H3,19,21,22,23)/t11-/m1/s1. The number of hydrogen-bond donors (Lipinski definition) is 4. The van der Waals surface area contributed by atoms with Gasteiger partial charge in [-0.25, -0.2) is 9.97 Å². The Balaban J connectivity index is 1.84. The predicted molar refractivity (Wildman–Crippen MR) is 103 cm³/mol. The lowest BCUT2D eigenvalue weighted by atomic mass is 10.1. The summed E-state index contributed by atoms with van der Waals surface area (Å²) in [7, 11) is 3.09. The molecule has 27 heavy (non-hydrogen) atoms. The molecule has 5 N–H and O–H groups in total. The van der Waals surface area contributed by atoms with Gasteiger partial charge in [-0.15, -0.1) is 0 Å². The van der Waals surface area contributed by atoms with Crippen molar-refractivity contribution < 1.29 is 14.3 Å². The van der Waals surface area contributed by atoms with Gasteiger partial charge in [0, 0.05) is 36.5 Å². The summed E-state index contributed by atoms with van der Waals surface area (Å²) in [5.41, 5.74) is 6.71. The first-order valence-electron chi connectivity index (χ1n) is 8.73. The molecule has 0 saturated carbocycles. The summed E-state index contributed by atoms with van der Waals surface area (Å²) in [6.07, 6.45) is 3.40. The average molecular weight is 372 g/mol. The third kappa shape index (κ3) is 4.56. The quantitative estimate of drug-likeness (QED) is 0.601. The Morgan fingerprint density at radius 3 is 2.59 bits per heavy atom. The number of nitrogens with one attached hydrogen (secondary N) is 3. The van der Waals surface area contributed by atoms with E-state index in [1.54, 1.807) is 32.4 Å². The zero-order valence-corrected chi connectivity index (χ0v) is 15.4. The van der Waals surface area contributed by atoms with Crippen LogP contribution in [-0.4, -0.2) is 49.2 Å². The van der Waals surface area contributed by atoms with Crippen molar-refractivity contribution in [3.05, 3.63) is 30.1 Å². The van der Waals surface area contributed by atoms with Crippen LogP contribution < -0.4 is 31.2 Å². The number of nitrogens with two attached hydrogens (primary N) is 1. The van der Waals surface area contributed by atoms with E-state index in [9.17, 15) is 4.79 Å². The Labute approximate surface area is 157 Å². The highest BCUT2D eigenvalue weighted by Crippen LogP contribution is 2.27. The number of nitrogens with zero attached hydrogens (tertiary/aromatic N) is 2. The van der Waals surface area contributed by atoms with E-state index in [-0.39, 0.29) is 17.4 Å². The fraction of sp³-hybridized carbons (Fsp3) is 0.389. The van der Waals surface area contributed by atoms with Crippen LogP contribution in [0.2, 0.25) is 0 Å². The average Bonchev–Trinajstić information content (AvgIpc) is 2.68. The first-order chi connectivity index (χ1) is 13.1. The molecule has 1 aromatic heterocycles. The van der Waals surface area contributed by atoms with Crippen LogP contribution in [-0.2, 0) is 0 Å². The number of anilines is 3. The van der Waals surface area contributed by atoms with Crippen LogP contribution in [0.4, 0.5) is 17.3 Å². The van der Waals surface area contributed by atoms with Gasteiger partial charge < -0.3 is 31.2 Å². The molecule has 1 fully saturated rings. The Morgan fingerprint density at radius 1 is 1.22 bits per heavy atom. The topological polar surface area (TPSA) is 123 Å². The summed E-state index contributed by atoms with van der Waals surface area (Å²) in [5.74, 6) is 1.25. The van der Waals surface area contributed by atoms with Gasteiger partial charge in [0.2, 0.25) is 0 Å². The van der Waals surface area contributed by atoms with Gasteiger partial charge in [-0.3, -0.25) is 4.79 Å². The van der Waals surface area contributed by atoms with Crippen molar-refractivity contribution in [2.45, 2.75) is 18.9 Å². The van der Waals surface area contributed by atoms with E-state index in [1.807, 2.05) is 0 Å². The van der Waals surface area contributed by atoms with E-state index < -0.39 is 5.91 Å². The zero-order valence-electron chi connectivity index (χ0n) is 15.4. The van der Waals surface area contributed by atoms with Crippen LogP contribution in [0.25, 0.3) is 0 Å². The fourth-order valence-corrected chi connectivity index (χ4v) is 2.97. The van der Waals surface area contributed by atoms with Crippen LogP contribution in [0.1, 0.15) is 23.2 Å². The maximum absolute atomic E-state index is 12.9. The normalized spacial score (nSPS) is 16.4. The smallest absolute Gasteiger partial charge is 0.263 e. The monoisotopic (exact) mass is 372 g/mol. The van der Waals surface area contributed by atoms with Gasteiger partial charge in [-0.05, 0) is 19.4 Å². The lowest BCUT2D eigenvalue weighted by molar-refractivity contribution is 0.102. The highest BCUT2D eigenvalue weighted by atomic mass is 16.5. The highest BCUT2D eigenvalue weighted by Gasteiger charge is 2.21. The minimum atomic E-state index is -0.408. The lowest BCUT2D eigenvalue weighted by Gasteiger charge is -2.25. The Morgan fingerprint density at radius 2 is 1.96 bits per heavy atom. The number of rotatable bonds is 6. The van der Waals surface area contributed by atoms with E-state index in [1.165, 1.54) is 6.33 Å². The van der Waals surface area contributed by atoms with Gasteiger partial charge >= 0.3 is 0 Å². The van der Waals surface area contributed by atoms with E-state index in [0.29, 0.717) is 23.0 Å². The SMILES string of the molecule is COc1cc(NC(=O)c2c(N)ncnc2N[C@@H]2CCCNC2)cc(OC)c1. The summed E-state index contributed by atoms with van der Waals surface area (Å²) >= 11 is 0. The summed E-state index contributed by atoms with van der Waals surface area (Å²) < 4.78 is 10.5. The maximum Gasteiger partial charge on any atom is 0.263 e. The van der Waals surface area contributed by atoms with Crippen molar-refractivity contribution in [1.82, 2.24) is 15.3 Å². The van der Waals surface area contributed by atoms with Crippen LogP contribution in [0.5, 0.6) is 11.5 Å². The molecule has 3 rings (SSSR count). The fourth-order valence-electron chi connectivity index (χ4n) is 2.97. The number of amides is 1. The van der Waals surface area contributed by atoms with Gasteiger partial charge in [-0.1, -0.05) is 0 Å². The summed E-state index contributed by atoms with van der Waals surface area (Å²) in [4.78, 5) is 21.1. The molecule has 1 amide bonds. The van der Waals surface area contributed by atoms with Gasteiger partial charge in [0.1, 0.15) is 35.0 Å². The summed E-state index contributed by atoms with van der Waals surface area (Å²) in [6, 6.07) is 5.28. The minimum Gasteiger partial charge on any atom is -0.497 e. The molecule has 9 nitrogen and oxygen atoms in total. The number of methoxy groups -OCH3 is 2. The van der Waals surface area contributed by atoms with Gasteiger partial charge in [-0.2, -0.15) is 0 Å². The molecule has 9 heteroatoms. The van der Waals surface area contributed by atoms with Crippen LogP contribution in [0.15, 0.2) is 24.5 Å². The van der Waals surface area contributed by atoms with E-state index >= 15 is 0 Å². The van der Waals surface area contributed by atoms with E-state index in [0.717, 1.165) is 25.9 Å². The number of piperidine rings is 1. The van der Waals surface area contributed by atoms with Crippen molar-refractivity contribution in [1.29, 1.82) is 0 Å². The molecule has 0 radical (unpaired) electrons. The highest BCUT2D eigenvalue weighted by molar-refractivity contribution is 6.10. The second-order valence-electron chi connectivity index (χ2n) is 6.23. The second-order valence-corrected chi connectivity index (χ2v) is 6.23. The van der Waals surface area contributed by atoms with Crippen molar-refractivity contribution >= 4 is 23.2 Å². The van der Waals surface area contributed by atoms with Crippen molar-refractivity contribution in [3.8, 4) is 11.5 Å². The predicted octanol–water partition coefficient (Wildman–Crippen LogP) is 1.49. The second kappa shape index (κ2) is 8.54. The Hall–Kier alpha value is -3.07. The number of benzene rings is 1. The number of carbonyl (C=O) groups excluding carboxylic acids is 1. The third-order valence-electron chi connectivity index (χ3n) is 4.35. The molecule has 0 aliphatic carbocycles. The molecule has 1 aliphatic heterocycles. The zero-order chi connectivity index (χ0) is 19.2. The lowest BCUT2D eigenvalue weighted by Crippen LogP contribution is -2.39. The van der Waals surface area contributed by atoms with Crippen molar-refractivity contribution in [3.63, 3.8) is 0 Å². The minimum absolute atomic E-state index is 0.114. The molecule has 2 heterocycles. The number of carbonyl (C=O) groups is 1. The van der Waals surface area contributed by atoms with Crippen LogP contribution in [0, 0.1) is 0 Å². The molecule has 0 unspecified atom stereocenters. The van der Waals surface area contributed by atoms with Gasteiger partial charge in [0.15, 0.2) is 0 Å². The van der Waals surface area contributed by atoms with Gasteiger partial charge in [0.25, 0.3) is 5.91 Å². The van der Waals surface area contributed by atoms with Gasteiger partial charge in [0.05, 0.1) is 14.2 Å². The Bertz CT molecular complexity index is 785. The Kier molecular flexibility index (Phi) is 5.92. The molecule has 2 aromatic rings. The van der Waals surface area contributed by atoms with Crippen LogP contribution in [0.3, 0.4) is 0 Å². The number of nitrogen functional groups attached to an aromatic ring is 1. The number of hydrogen-bond acceptors (Lipinski definition) is 8. The molecule has 1 aliphatic rings. The summed E-state index contributed by atoms with van der Waals surface area (Å²) in [5, 5.41) is 9.43. The molecule has 0 spiro atoms.